The minimum Gasteiger partial charge on any atom is -0.361 e. The minimum absolute atomic E-state index is 0.189. The van der Waals surface area contributed by atoms with Crippen molar-refractivity contribution in [2.45, 2.75) is 65.6 Å². The van der Waals surface area contributed by atoms with Crippen LogP contribution in [0.3, 0.4) is 0 Å². The van der Waals surface area contributed by atoms with E-state index in [0.717, 1.165) is 16.9 Å². The topological polar surface area (TPSA) is 86.9 Å². The number of benzene rings is 1. The Morgan fingerprint density at radius 3 is 2.65 bits per heavy atom. The smallest absolute Gasteiger partial charge is 0.255 e. The van der Waals surface area contributed by atoms with E-state index in [9.17, 15) is 4.79 Å². The lowest BCUT2D eigenvalue weighted by Gasteiger charge is -2.20. The van der Waals surface area contributed by atoms with Crippen LogP contribution in [0.2, 0.25) is 25.7 Å². The Bertz CT molecular complexity index is 1340. The number of ether oxygens (including phenoxy) is 1. The van der Waals surface area contributed by atoms with Crippen LogP contribution in [0.4, 0.5) is 0 Å². The summed E-state index contributed by atoms with van der Waals surface area (Å²) >= 11 is 0. The van der Waals surface area contributed by atoms with Gasteiger partial charge in [-0.3, -0.25) is 4.79 Å². The maximum Gasteiger partial charge on any atom is 0.255 e. The summed E-state index contributed by atoms with van der Waals surface area (Å²) in [5.41, 5.74) is 3.35. The molecule has 0 saturated carbocycles. The van der Waals surface area contributed by atoms with Crippen LogP contribution in [-0.2, 0) is 11.5 Å². The minimum atomic E-state index is -1.19. The maximum atomic E-state index is 13.1. The fourth-order valence-electron chi connectivity index (χ4n) is 3.69. The van der Waals surface area contributed by atoms with E-state index in [0.29, 0.717) is 35.9 Å². The molecule has 8 nitrogen and oxygen atoms in total. The van der Waals surface area contributed by atoms with Crippen molar-refractivity contribution in [2.75, 3.05) is 6.61 Å². The molecule has 0 saturated heterocycles. The zero-order chi connectivity index (χ0) is 24.7. The van der Waals surface area contributed by atoms with Gasteiger partial charge in [0.2, 0.25) is 0 Å². The van der Waals surface area contributed by atoms with Crippen LogP contribution >= 0.6 is 0 Å². The lowest BCUT2D eigenvalue weighted by atomic mass is 10.1. The lowest BCUT2D eigenvalue weighted by molar-refractivity contribution is 0.0886. The summed E-state index contributed by atoms with van der Waals surface area (Å²) in [5, 5.41) is 8.59. The van der Waals surface area contributed by atoms with Gasteiger partial charge < -0.3 is 14.6 Å². The van der Waals surface area contributed by atoms with Gasteiger partial charge >= 0.3 is 0 Å². The van der Waals surface area contributed by atoms with Crippen molar-refractivity contribution < 1.29 is 9.53 Å². The van der Waals surface area contributed by atoms with Gasteiger partial charge in [0.15, 0.2) is 11.5 Å². The van der Waals surface area contributed by atoms with Gasteiger partial charge in [0.05, 0.1) is 23.5 Å². The Morgan fingerprint density at radius 2 is 1.94 bits per heavy atom. The molecule has 1 amide bonds. The molecule has 4 rings (SSSR count). The summed E-state index contributed by atoms with van der Waals surface area (Å²) in [6, 6.07) is 7.23. The highest BCUT2D eigenvalue weighted by molar-refractivity contribution is 6.76. The van der Waals surface area contributed by atoms with Crippen LogP contribution in [0, 0.1) is 6.92 Å². The van der Waals surface area contributed by atoms with E-state index in [4.69, 9.17) is 9.72 Å². The summed E-state index contributed by atoms with van der Waals surface area (Å²) in [6.45, 7) is 15.9. The van der Waals surface area contributed by atoms with Gasteiger partial charge in [-0.1, -0.05) is 31.3 Å². The molecule has 0 radical (unpaired) electrons. The van der Waals surface area contributed by atoms with Crippen LogP contribution in [0.1, 0.15) is 36.7 Å². The molecule has 3 heterocycles. The van der Waals surface area contributed by atoms with E-state index in [1.165, 1.54) is 5.56 Å². The fourth-order valence-corrected chi connectivity index (χ4v) is 4.45. The molecule has 0 aliphatic carbocycles. The Labute approximate surface area is 201 Å². The fraction of sp³-hybridized carbons (Fsp3) is 0.440. The number of carbonyl (C=O) groups excluding carboxylic acids is 1. The summed E-state index contributed by atoms with van der Waals surface area (Å²) in [7, 11) is -1.19. The maximum absolute atomic E-state index is 13.1. The Hall–Kier alpha value is -3.04. The molecule has 1 N–H and O–H groups in total. The van der Waals surface area contributed by atoms with Crippen LogP contribution in [0.15, 0.2) is 36.8 Å². The van der Waals surface area contributed by atoms with Crippen molar-refractivity contribution in [3.8, 4) is 5.82 Å². The van der Waals surface area contributed by atoms with Gasteiger partial charge in [-0.05, 0) is 45.9 Å². The van der Waals surface area contributed by atoms with Crippen LogP contribution in [0.5, 0.6) is 0 Å². The number of nitrogens with one attached hydrogen (secondary N) is 1. The second-order valence-electron chi connectivity index (χ2n) is 11.1. The predicted molar refractivity (Wildman–Crippen MR) is 138 cm³/mol. The first-order valence-electron chi connectivity index (χ1n) is 11.6. The molecule has 0 atom stereocenters. The molecule has 3 aromatic heterocycles. The summed E-state index contributed by atoms with van der Waals surface area (Å²) in [4.78, 5) is 22.7. The van der Waals surface area contributed by atoms with Crippen LogP contribution in [0.25, 0.3) is 27.9 Å². The van der Waals surface area contributed by atoms with Crippen molar-refractivity contribution in [1.82, 2.24) is 29.6 Å². The quantitative estimate of drug-likeness (QED) is 0.301. The number of hydrogen-bond donors (Lipinski definition) is 1. The number of amides is 1. The summed E-state index contributed by atoms with van der Waals surface area (Å²) in [6.07, 6.45) is 5.30. The first-order chi connectivity index (χ1) is 15.9. The van der Waals surface area contributed by atoms with Crippen molar-refractivity contribution in [3.63, 3.8) is 0 Å². The highest BCUT2D eigenvalue weighted by Gasteiger charge is 2.23. The third-order valence-electron chi connectivity index (χ3n) is 5.45. The molecule has 0 aliphatic rings. The number of aromatic nitrogens is 5. The number of carbonyl (C=O) groups is 1. The van der Waals surface area contributed by atoms with E-state index in [1.54, 1.807) is 17.1 Å². The Morgan fingerprint density at radius 1 is 1.18 bits per heavy atom. The van der Waals surface area contributed by atoms with E-state index in [-0.39, 0.29) is 11.4 Å². The molecule has 0 bridgehead atoms. The molecule has 180 valence electrons. The molecular weight excluding hydrogens is 444 g/mol. The van der Waals surface area contributed by atoms with E-state index in [2.05, 4.69) is 48.0 Å². The summed E-state index contributed by atoms with van der Waals surface area (Å²) < 4.78 is 9.57. The van der Waals surface area contributed by atoms with Gasteiger partial charge in [0, 0.05) is 31.8 Å². The largest absolute Gasteiger partial charge is 0.361 e. The number of aryl methyl sites for hydroxylation is 1. The monoisotopic (exact) mass is 478 g/mol. The van der Waals surface area contributed by atoms with E-state index < -0.39 is 8.07 Å². The lowest BCUT2D eigenvalue weighted by Crippen LogP contribution is -2.40. The Kier molecular flexibility index (Phi) is 6.35. The molecule has 34 heavy (non-hydrogen) atoms. The zero-order valence-electron chi connectivity index (χ0n) is 21.1. The summed E-state index contributed by atoms with van der Waals surface area (Å²) in [5.74, 6) is 0.374. The average molecular weight is 479 g/mol. The van der Waals surface area contributed by atoms with Crippen LogP contribution < -0.4 is 5.32 Å². The van der Waals surface area contributed by atoms with Gasteiger partial charge in [0.1, 0.15) is 12.2 Å². The standard InChI is InChI=1S/C25H34N6O2Si/c1-17-8-9-20-18(12-17)13-27-31(20)21-14-26-23-22(28-21)19(24(32)29-25(2,3)4)15-30(23)16-33-10-11-34(5,6)7/h8-9,12-15H,10-11,16H2,1-7H3,(H,29,32). The van der Waals surface area contributed by atoms with E-state index in [1.807, 2.05) is 43.7 Å². The highest BCUT2D eigenvalue weighted by Crippen LogP contribution is 2.23. The third-order valence-corrected chi connectivity index (χ3v) is 7.16. The first kappa shape index (κ1) is 24.1. The van der Waals surface area contributed by atoms with Crippen molar-refractivity contribution >= 4 is 36.0 Å². The molecule has 0 unspecified atom stereocenters. The molecule has 4 aromatic rings. The van der Waals surface area contributed by atoms with Gasteiger partial charge in [-0.15, -0.1) is 0 Å². The predicted octanol–water partition coefficient (Wildman–Crippen LogP) is 4.92. The third kappa shape index (κ3) is 5.36. The number of nitrogens with zero attached hydrogens (tertiary/aromatic N) is 5. The SMILES string of the molecule is Cc1ccc2c(cnn2-c2cnc3c(n2)c(C(=O)NC(C)(C)C)cn3COCC[Si](C)(C)C)c1. The molecule has 0 fully saturated rings. The van der Waals surface area contributed by atoms with Crippen LogP contribution in [-0.4, -0.2) is 50.4 Å². The van der Waals surface area contributed by atoms with Crippen molar-refractivity contribution in [1.29, 1.82) is 0 Å². The molecule has 0 aliphatic heterocycles. The first-order valence-corrected chi connectivity index (χ1v) is 15.3. The second-order valence-corrected chi connectivity index (χ2v) is 16.7. The molecule has 1 aromatic carbocycles. The van der Waals surface area contributed by atoms with E-state index >= 15 is 0 Å². The Balaban J connectivity index is 1.73. The number of hydrogen-bond acceptors (Lipinski definition) is 5. The molecule has 0 spiro atoms. The second kappa shape index (κ2) is 8.96. The van der Waals surface area contributed by atoms with Gasteiger partial charge in [-0.25, -0.2) is 14.6 Å². The number of fused-ring (bicyclic) bond motifs is 2. The van der Waals surface area contributed by atoms with Crippen molar-refractivity contribution in [2.24, 2.45) is 0 Å². The zero-order valence-corrected chi connectivity index (χ0v) is 22.1. The highest BCUT2D eigenvalue weighted by atomic mass is 28.3. The number of rotatable bonds is 7. The van der Waals surface area contributed by atoms with Crippen molar-refractivity contribution in [3.05, 3.63) is 47.9 Å². The van der Waals surface area contributed by atoms with Gasteiger partial charge in [-0.2, -0.15) is 5.10 Å². The van der Waals surface area contributed by atoms with Gasteiger partial charge in [0.25, 0.3) is 5.91 Å². The average Bonchev–Trinajstić information content (AvgIpc) is 3.30. The molecular formula is C25H34N6O2Si. The molecule has 9 heteroatoms. The normalized spacial score (nSPS) is 12.6.